The molecule has 0 atom stereocenters. The molecule has 252 valence electrons. The molecule has 0 spiro atoms. The van der Waals surface area contributed by atoms with Gasteiger partial charge in [0.25, 0.3) is 0 Å². The Bertz CT molecular complexity index is 2700. The highest BCUT2D eigenvalue weighted by atomic mass is 16.3. The van der Waals surface area contributed by atoms with Crippen LogP contribution in [0.2, 0.25) is 0 Å². The van der Waals surface area contributed by atoms with Gasteiger partial charge >= 0.3 is 0 Å². The van der Waals surface area contributed by atoms with E-state index in [1.54, 1.807) is 0 Å². The van der Waals surface area contributed by atoms with E-state index in [0.717, 1.165) is 55.4 Å². The third-order valence-electron chi connectivity index (χ3n) is 10.5. The first kappa shape index (κ1) is 30.9. The molecule has 1 aliphatic heterocycles. The summed E-state index contributed by atoms with van der Waals surface area (Å²) in [5.41, 5.74) is 12.7. The quantitative estimate of drug-likeness (QED) is 0.181. The Labute approximate surface area is 307 Å². The summed E-state index contributed by atoms with van der Waals surface area (Å²) in [6.45, 7) is 4.62. The molecule has 1 aliphatic rings. The molecule has 5 heteroatoms. The molecule has 0 aliphatic carbocycles. The topological polar surface area (TPSA) is 55.1 Å². The van der Waals surface area contributed by atoms with Crippen molar-refractivity contribution >= 4 is 39.0 Å². The zero-order valence-corrected chi connectivity index (χ0v) is 29.4. The molecule has 0 saturated heterocycles. The zero-order valence-electron chi connectivity index (χ0n) is 29.4. The van der Waals surface area contributed by atoms with Gasteiger partial charge in [0, 0.05) is 44.6 Å². The third kappa shape index (κ3) is 5.20. The van der Waals surface area contributed by atoms with Crippen LogP contribution in [0.1, 0.15) is 25.0 Å². The number of nitrogens with zero attached hydrogens (tertiary/aromatic N) is 4. The second-order valence-electron chi connectivity index (χ2n) is 14.1. The highest BCUT2D eigenvalue weighted by Crippen LogP contribution is 2.52. The number of benzene rings is 7. The van der Waals surface area contributed by atoms with Gasteiger partial charge in [-0.25, -0.2) is 15.0 Å². The van der Waals surface area contributed by atoms with Gasteiger partial charge < -0.3 is 9.32 Å². The number of fused-ring (bicyclic) bond motifs is 5. The fourth-order valence-electron chi connectivity index (χ4n) is 7.78. The molecule has 5 nitrogen and oxygen atoms in total. The molecule has 0 amide bonds. The Morgan fingerprint density at radius 3 is 1.42 bits per heavy atom. The maximum atomic E-state index is 6.61. The third-order valence-corrected chi connectivity index (χ3v) is 10.5. The van der Waals surface area contributed by atoms with E-state index in [0.29, 0.717) is 17.5 Å². The van der Waals surface area contributed by atoms with Crippen molar-refractivity contribution in [2.24, 2.45) is 0 Å². The van der Waals surface area contributed by atoms with Crippen LogP contribution < -0.4 is 4.90 Å². The molecule has 3 heterocycles. The highest BCUT2D eigenvalue weighted by Gasteiger charge is 2.36. The molecule has 0 unspecified atom stereocenters. The first-order valence-corrected chi connectivity index (χ1v) is 17.9. The lowest BCUT2D eigenvalue weighted by Crippen LogP contribution is -2.30. The van der Waals surface area contributed by atoms with E-state index < -0.39 is 0 Å². The van der Waals surface area contributed by atoms with Crippen molar-refractivity contribution in [1.82, 2.24) is 15.0 Å². The minimum Gasteiger partial charge on any atom is -0.456 e. The second kappa shape index (κ2) is 12.1. The second-order valence-corrected chi connectivity index (χ2v) is 14.1. The van der Waals surface area contributed by atoms with Crippen molar-refractivity contribution in [3.63, 3.8) is 0 Å². The number of rotatable bonds is 5. The predicted molar refractivity (Wildman–Crippen MR) is 216 cm³/mol. The van der Waals surface area contributed by atoms with Crippen LogP contribution >= 0.6 is 0 Å². The summed E-state index contributed by atoms with van der Waals surface area (Å²) in [5, 5.41) is 2.20. The van der Waals surface area contributed by atoms with E-state index in [4.69, 9.17) is 19.4 Å². The number of para-hydroxylation sites is 2. The van der Waals surface area contributed by atoms with Crippen molar-refractivity contribution in [1.29, 1.82) is 0 Å². The van der Waals surface area contributed by atoms with Crippen LogP contribution in [0.4, 0.5) is 17.1 Å². The molecule has 7 aromatic carbocycles. The Hall–Kier alpha value is -6.85. The van der Waals surface area contributed by atoms with Crippen molar-refractivity contribution in [3.8, 4) is 45.3 Å². The summed E-state index contributed by atoms with van der Waals surface area (Å²) in [4.78, 5) is 17.0. The largest absolute Gasteiger partial charge is 0.456 e. The average molecular weight is 683 g/mol. The summed E-state index contributed by atoms with van der Waals surface area (Å²) in [5.74, 6) is 1.93. The van der Waals surface area contributed by atoms with Crippen LogP contribution in [0.15, 0.2) is 174 Å². The van der Waals surface area contributed by atoms with Crippen LogP contribution in [0.3, 0.4) is 0 Å². The van der Waals surface area contributed by atoms with E-state index in [1.165, 1.54) is 22.5 Å². The normalized spacial score (nSPS) is 13.2. The van der Waals surface area contributed by atoms with Gasteiger partial charge in [-0.3, -0.25) is 0 Å². The van der Waals surface area contributed by atoms with Gasteiger partial charge in [0.1, 0.15) is 11.2 Å². The number of aromatic nitrogens is 3. The molecular formula is C48H34N4O. The van der Waals surface area contributed by atoms with Crippen molar-refractivity contribution < 1.29 is 4.42 Å². The predicted octanol–water partition coefficient (Wildman–Crippen LogP) is 12.5. The molecule has 2 aromatic heterocycles. The fraction of sp³-hybridized carbons (Fsp3) is 0.0625. The van der Waals surface area contributed by atoms with Gasteiger partial charge in [-0.2, -0.15) is 0 Å². The first-order valence-electron chi connectivity index (χ1n) is 17.9. The zero-order chi connectivity index (χ0) is 35.5. The molecule has 0 fully saturated rings. The maximum Gasteiger partial charge on any atom is 0.164 e. The average Bonchev–Trinajstić information content (AvgIpc) is 3.59. The number of hydrogen-bond donors (Lipinski definition) is 0. The lowest BCUT2D eigenvalue weighted by molar-refractivity contribution is 0.632. The lowest BCUT2D eigenvalue weighted by Gasteiger charge is -2.41. The van der Waals surface area contributed by atoms with Crippen LogP contribution in [0.25, 0.3) is 67.2 Å². The monoisotopic (exact) mass is 682 g/mol. The first-order chi connectivity index (χ1) is 26.0. The van der Waals surface area contributed by atoms with Crippen LogP contribution in [-0.2, 0) is 5.41 Å². The molecule has 53 heavy (non-hydrogen) atoms. The molecule has 10 rings (SSSR count). The Kier molecular flexibility index (Phi) is 7.08. The molecule has 0 N–H and O–H groups in total. The Morgan fingerprint density at radius 2 is 0.849 bits per heavy atom. The SMILES string of the molecule is CC1(C)c2ccccc2N(c2ccc3c(c2)oc2cc(-c4ccc(-c5nc(-c6ccccc6)nc(-c6ccccc6)n5)cc4)ccc23)c2ccccc21. The van der Waals surface area contributed by atoms with Crippen molar-refractivity contribution in [2.75, 3.05) is 4.90 Å². The van der Waals surface area contributed by atoms with Gasteiger partial charge in [0.2, 0.25) is 0 Å². The summed E-state index contributed by atoms with van der Waals surface area (Å²) in [6, 6.07) is 59.0. The van der Waals surface area contributed by atoms with Crippen molar-refractivity contribution in [2.45, 2.75) is 19.3 Å². The summed E-state index contributed by atoms with van der Waals surface area (Å²) in [7, 11) is 0. The highest BCUT2D eigenvalue weighted by molar-refractivity contribution is 6.07. The summed E-state index contributed by atoms with van der Waals surface area (Å²) < 4.78 is 6.61. The summed E-state index contributed by atoms with van der Waals surface area (Å²) >= 11 is 0. The van der Waals surface area contributed by atoms with Gasteiger partial charge in [0.15, 0.2) is 17.5 Å². The maximum absolute atomic E-state index is 6.61. The molecule has 9 aromatic rings. The van der Waals surface area contributed by atoms with E-state index in [-0.39, 0.29) is 5.41 Å². The fourth-order valence-corrected chi connectivity index (χ4v) is 7.78. The lowest BCUT2D eigenvalue weighted by atomic mass is 9.73. The van der Waals surface area contributed by atoms with Crippen LogP contribution in [0, 0.1) is 0 Å². The molecular weight excluding hydrogens is 649 g/mol. The van der Waals surface area contributed by atoms with Gasteiger partial charge in [-0.15, -0.1) is 0 Å². The number of furan rings is 1. The number of anilines is 3. The van der Waals surface area contributed by atoms with Crippen LogP contribution in [-0.4, -0.2) is 15.0 Å². The molecule has 0 bridgehead atoms. The molecule has 0 saturated carbocycles. The van der Waals surface area contributed by atoms with Gasteiger partial charge in [0.05, 0.1) is 11.4 Å². The van der Waals surface area contributed by atoms with E-state index in [2.05, 4.69) is 128 Å². The Balaban J connectivity index is 1.00. The minimum atomic E-state index is -0.108. The van der Waals surface area contributed by atoms with Gasteiger partial charge in [-0.1, -0.05) is 141 Å². The van der Waals surface area contributed by atoms with Crippen molar-refractivity contribution in [3.05, 3.63) is 181 Å². The Morgan fingerprint density at radius 1 is 0.415 bits per heavy atom. The standard InChI is InChI=1S/C48H34N4O/c1-48(2)39-17-9-11-19-41(39)52(42-20-12-10-18-40(42)48)36-26-28-38-37-27-25-35(29-43(37)53-44(38)30-36)31-21-23-34(24-22-31)47-50-45(32-13-5-3-6-14-32)49-46(51-47)33-15-7-4-8-16-33/h3-30H,1-2H3. The molecule has 0 radical (unpaired) electrons. The van der Waals surface area contributed by atoms with E-state index in [9.17, 15) is 0 Å². The van der Waals surface area contributed by atoms with Gasteiger partial charge in [-0.05, 0) is 58.7 Å². The minimum absolute atomic E-state index is 0.108. The summed E-state index contributed by atoms with van der Waals surface area (Å²) in [6.07, 6.45) is 0. The van der Waals surface area contributed by atoms with E-state index in [1.807, 2.05) is 60.7 Å². The van der Waals surface area contributed by atoms with E-state index >= 15 is 0 Å². The van der Waals surface area contributed by atoms with Crippen LogP contribution in [0.5, 0.6) is 0 Å². The smallest absolute Gasteiger partial charge is 0.164 e. The number of hydrogen-bond acceptors (Lipinski definition) is 5.